The highest BCUT2D eigenvalue weighted by Crippen LogP contribution is 2.19. The van der Waals surface area contributed by atoms with E-state index in [1.165, 1.54) is 30.5 Å². The zero-order valence-corrected chi connectivity index (χ0v) is 15.8. The van der Waals surface area contributed by atoms with Crippen LogP contribution in [0.3, 0.4) is 0 Å². The maximum atomic E-state index is 12.2. The Morgan fingerprint density at radius 1 is 1.21 bits per heavy atom. The Morgan fingerprint density at radius 3 is 2.61 bits per heavy atom. The Hall–Kier alpha value is -3.30. The van der Waals surface area contributed by atoms with Crippen molar-refractivity contribution in [3.05, 3.63) is 65.9 Å². The predicted octanol–water partition coefficient (Wildman–Crippen LogP) is 2.50. The van der Waals surface area contributed by atoms with Gasteiger partial charge in [0.2, 0.25) is 10.0 Å². The Kier molecular flexibility index (Phi) is 5.67. The van der Waals surface area contributed by atoms with E-state index in [2.05, 4.69) is 15.5 Å². The topological polar surface area (TPSA) is 124 Å². The zero-order valence-electron chi connectivity index (χ0n) is 15.0. The first kappa shape index (κ1) is 19.5. The van der Waals surface area contributed by atoms with E-state index >= 15 is 0 Å². The molecule has 2 aromatic carbocycles. The molecule has 1 aromatic heterocycles. The maximum absolute atomic E-state index is 12.2. The van der Waals surface area contributed by atoms with Gasteiger partial charge in [0.25, 0.3) is 0 Å². The van der Waals surface area contributed by atoms with Crippen LogP contribution in [0.15, 0.2) is 64.6 Å². The van der Waals surface area contributed by atoms with Crippen molar-refractivity contribution >= 4 is 38.8 Å². The second kappa shape index (κ2) is 8.15. The van der Waals surface area contributed by atoms with E-state index in [0.29, 0.717) is 27.8 Å². The lowest BCUT2D eigenvalue weighted by Crippen LogP contribution is -2.11. The van der Waals surface area contributed by atoms with E-state index in [1.807, 2.05) is 12.1 Å². The van der Waals surface area contributed by atoms with Gasteiger partial charge in [-0.2, -0.15) is 5.10 Å². The van der Waals surface area contributed by atoms with Gasteiger partial charge in [-0.05, 0) is 43.3 Å². The van der Waals surface area contributed by atoms with Gasteiger partial charge in [0, 0.05) is 5.39 Å². The first-order valence-electron chi connectivity index (χ1n) is 8.37. The first-order valence-corrected chi connectivity index (χ1v) is 9.92. The van der Waals surface area contributed by atoms with Crippen LogP contribution in [0.1, 0.15) is 23.0 Å². The fraction of sp³-hybridized carbons (Fsp3) is 0.105. The molecule has 0 bridgehead atoms. The summed E-state index contributed by atoms with van der Waals surface area (Å²) in [5, 5.41) is 9.85. The van der Waals surface area contributed by atoms with Gasteiger partial charge in [-0.1, -0.05) is 18.2 Å². The number of para-hydroxylation sites is 1. The van der Waals surface area contributed by atoms with Gasteiger partial charge in [0.15, 0.2) is 0 Å². The summed E-state index contributed by atoms with van der Waals surface area (Å²) in [6.45, 7) is 2.02. The molecule has 144 valence electrons. The number of fused-ring (bicyclic) bond motifs is 1. The molecule has 8 nitrogen and oxygen atoms in total. The number of nitrogens with one attached hydrogen (secondary N) is 1. The number of pyridine rings is 1. The van der Waals surface area contributed by atoms with Gasteiger partial charge in [0.1, 0.15) is 0 Å². The summed E-state index contributed by atoms with van der Waals surface area (Å²) in [7, 11) is -3.74. The predicted molar refractivity (Wildman–Crippen MR) is 107 cm³/mol. The lowest BCUT2D eigenvalue weighted by molar-refractivity contribution is 0.0528. The molecule has 1 heterocycles. The largest absolute Gasteiger partial charge is 0.462 e. The van der Waals surface area contributed by atoms with E-state index in [0.717, 1.165) is 0 Å². The van der Waals surface area contributed by atoms with Crippen LogP contribution in [0.2, 0.25) is 0 Å². The van der Waals surface area contributed by atoms with Gasteiger partial charge in [-0.15, -0.1) is 0 Å². The molecule has 0 radical (unpaired) electrons. The van der Waals surface area contributed by atoms with Gasteiger partial charge in [0.05, 0.1) is 40.2 Å². The summed E-state index contributed by atoms with van der Waals surface area (Å²) < 4.78 is 27.6. The second-order valence-electron chi connectivity index (χ2n) is 5.77. The van der Waals surface area contributed by atoms with Crippen molar-refractivity contribution in [2.75, 3.05) is 12.0 Å². The van der Waals surface area contributed by atoms with Crippen LogP contribution in [0.5, 0.6) is 0 Å². The number of hydrazone groups is 1. The molecule has 0 saturated heterocycles. The molecule has 3 aromatic rings. The average Bonchev–Trinajstić information content (AvgIpc) is 2.67. The number of rotatable bonds is 6. The van der Waals surface area contributed by atoms with E-state index in [4.69, 9.17) is 9.88 Å². The highest BCUT2D eigenvalue weighted by Gasteiger charge is 2.13. The number of aromatic nitrogens is 1. The molecule has 0 aliphatic heterocycles. The van der Waals surface area contributed by atoms with Crippen LogP contribution in [-0.2, 0) is 14.8 Å². The SMILES string of the molecule is CCOC(=O)c1cc(C=NNc2ccc(S(N)(=O)=O)cc2)nc2ccccc12. The minimum atomic E-state index is -3.74. The molecule has 28 heavy (non-hydrogen) atoms. The third-order valence-electron chi connectivity index (χ3n) is 3.80. The molecule has 3 N–H and O–H groups in total. The monoisotopic (exact) mass is 398 g/mol. The summed E-state index contributed by atoms with van der Waals surface area (Å²) in [4.78, 5) is 16.7. The van der Waals surface area contributed by atoms with Crippen molar-refractivity contribution in [1.82, 2.24) is 4.98 Å². The van der Waals surface area contributed by atoms with Crippen molar-refractivity contribution < 1.29 is 17.9 Å². The highest BCUT2D eigenvalue weighted by atomic mass is 32.2. The molecule has 0 unspecified atom stereocenters. The van der Waals surface area contributed by atoms with Crippen LogP contribution in [-0.4, -0.2) is 32.2 Å². The Labute approximate surface area is 162 Å². The Morgan fingerprint density at radius 2 is 1.93 bits per heavy atom. The number of sulfonamides is 1. The molecular weight excluding hydrogens is 380 g/mol. The summed E-state index contributed by atoms with van der Waals surface area (Å²) in [6.07, 6.45) is 1.46. The number of nitrogens with zero attached hydrogens (tertiary/aromatic N) is 2. The Balaban J connectivity index is 1.84. The van der Waals surface area contributed by atoms with Crippen molar-refractivity contribution in [2.24, 2.45) is 10.2 Å². The number of anilines is 1. The van der Waals surface area contributed by atoms with Gasteiger partial charge < -0.3 is 4.74 Å². The fourth-order valence-electron chi connectivity index (χ4n) is 2.53. The molecule has 9 heteroatoms. The molecule has 0 saturated carbocycles. The van der Waals surface area contributed by atoms with E-state index in [-0.39, 0.29) is 11.5 Å². The summed E-state index contributed by atoms with van der Waals surface area (Å²) in [6, 6.07) is 14.7. The summed E-state index contributed by atoms with van der Waals surface area (Å²) in [5.41, 5.74) is 4.86. The number of primary sulfonamides is 1. The van der Waals surface area contributed by atoms with Crippen LogP contribution < -0.4 is 10.6 Å². The quantitative estimate of drug-likeness (QED) is 0.373. The van der Waals surface area contributed by atoms with Crippen LogP contribution >= 0.6 is 0 Å². The molecule has 0 spiro atoms. The van der Waals surface area contributed by atoms with Crippen molar-refractivity contribution in [3.8, 4) is 0 Å². The third kappa shape index (κ3) is 4.51. The van der Waals surface area contributed by atoms with Gasteiger partial charge in [-0.25, -0.2) is 23.3 Å². The molecule has 0 aliphatic carbocycles. The molecule has 0 aliphatic rings. The van der Waals surface area contributed by atoms with Crippen LogP contribution in [0, 0.1) is 0 Å². The number of hydrogen-bond acceptors (Lipinski definition) is 7. The van der Waals surface area contributed by atoms with Crippen molar-refractivity contribution in [3.63, 3.8) is 0 Å². The molecule has 0 atom stereocenters. The van der Waals surface area contributed by atoms with E-state index < -0.39 is 16.0 Å². The van der Waals surface area contributed by atoms with Crippen LogP contribution in [0.4, 0.5) is 5.69 Å². The normalized spacial score (nSPS) is 11.6. The minimum absolute atomic E-state index is 0.0114. The van der Waals surface area contributed by atoms with Crippen LogP contribution in [0.25, 0.3) is 10.9 Å². The van der Waals surface area contributed by atoms with Crippen molar-refractivity contribution in [1.29, 1.82) is 0 Å². The molecule has 3 rings (SSSR count). The summed E-state index contributed by atoms with van der Waals surface area (Å²) in [5.74, 6) is -0.428. The average molecular weight is 398 g/mol. The number of esters is 1. The van der Waals surface area contributed by atoms with Gasteiger partial charge in [-0.3, -0.25) is 5.43 Å². The summed E-state index contributed by atoms with van der Waals surface area (Å²) >= 11 is 0. The smallest absolute Gasteiger partial charge is 0.338 e. The molecule has 0 amide bonds. The standard InChI is InChI=1S/C19H18N4O4S/c1-2-27-19(24)17-11-14(22-18-6-4-3-5-16(17)18)12-21-23-13-7-9-15(10-8-13)28(20,25)26/h3-12,23H,2H2,1H3,(H2,20,25,26). The maximum Gasteiger partial charge on any atom is 0.338 e. The highest BCUT2D eigenvalue weighted by molar-refractivity contribution is 7.89. The molecule has 0 fully saturated rings. The molecular formula is C19H18N4O4S. The zero-order chi connectivity index (χ0) is 20.1. The second-order valence-corrected chi connectivity index (χ2v) is 7.33. The number of nitrogens with two attached hydrogens (primary N) is 1. The number of ether oxygens (including phenoxy) is 1. The van der Waals surface area contributed by atoms with E-state index in [9.17, 15) is 13.2 Å². The van der Waals surface area contributed by atoms with Gasteiger partial charge >= 0.3 is 5.97 Å². The lowest BCUT2D eigenvalue weighted by atomic mass is 10.1. The van der Waals surface area contributed by atoms with Crippen molar-refractivity contribution in [2.45, 2.75) is 11.8 Å². The number of benzene rings is 2. The Bertz CT molecular complexity index is 1140. The van der Waals surface area contributed by atoms with E-state index in [1.54, 1.807) is 25.1 Å². The minimum Gasteiger partial charge on any atom is -0.462 e. The lowest BCUT2D eigenvalue weighted by Gasteiger charge is -2.07. The number of carbonyl (C=O) groups is 1. The fourth-order valence-corrected chi connectivity index (χ4v) is 3.05. The first-order chi connectivity index (χ1) is 13.4. The number of hydrogen-bond donors (Lipinski definition) is 2. The number of carbonyl (C=O) groups excluding carboxylic acids is 1. The third-order valence-corrected chi connectivity index (χ3v) is 4.73.